The van der Waals surface area contributed by atoms with Crippen molar-refractivity contribution >= 4 is 29.6 Å². The number of allylic oxidation sites excluding steroid dienone is 1. The largest absolute Gasteiger partial charge is 0.494 e. The molecule has 3 aromatic carbocycles. The summed E-state index contributed by atoms with van der Waals surface area (Å²) < 4.78 is 32.9. The third-order valence-electron chi connectivity index (χ3n) is 10.7. The fourth-order valence-corrected chi connectivity index (χ4v) is 7.56. The molecule has 3 amide bonds. The number of nitrogens with zero attached hydrogens (tertiary/aromatic N) is 5. The molecule has 3 heterocycles. The predicted molar refractivity (Wildman–Crippen MR) is 199 cm³/mol. The lowest BCUT2D eigenvalue weighted by Gasteiger charge is -2.36. The molecule has 0 aromatic heterocycles. The van der Waals surface area contributed by atoms with Crippen molar-refractivity contribution in [3.8, 4) is 11.8 Å². The molecule has 1 unspecified atom stereocenters. The highest BCUT2D eigenvalue weighted by atomic mass is 19.3. The van der Waals surface area contributed by atoms with Crippen LogP contribution < -0.4 is 19.9 Å². The van der Waals surface area contributed by atoms with Gasteiger partial charge in [-0.25, -0.2) is 8.78 Å². The molecule has 6 rings (SSSR count). The zero-order valence-electron chi connectivity index (χ0n) is 30.1. The molecule has 0 saturated carbocycles. The van der Waals surface area contributed by atoms with Crippen molar-refractivity contribution in [3.05, 3.63) is 101 Å². The summed E-state index contributed by atoms with van der Waals surface area (Å²) in [6, 6.07) is 20.1. The van der Waals surface area contributed by atoms with Gasteiger partial charge in [0.2, 0.25) is 6.41 Å². The van der Waals surface area contributed by atoms with Gasteiger partial charge in [-0.2, -0.15) is 5.26 Å². The van der Waals surface area contributed by atoms with Gasteiger partial charge in [0.05, 0.1) is 29.4 Å². The molecule has 0 spiro atoms. The molecule has 3 aliphatic rings. The Morgan fingerprint density at radius 1 is 0.943 bits per heavy atom. The third kappa shape index (κ3) is 8.69. The lowest BCUT2D eigenvalue weighted by Crippen LogP contribution is -2.46. The molecule has 2 saturated heterocycles. The number of hydrogen-bond acceptors (Lipinski definition) is 8. The average Bonchev–Trinajstić information content (AvgIpc) is 3.44. The average molecular weight is 725 g/mol. The zero-order chi connectivity index (χ0) is 37.5. The van der Waals surface area contributed by atoms with Crippen LogP contribution in [0.1, 0.15) is 88.8 Å². The van der Waals surface area contributed by atoms with Crippen LogP contribution in [0.3, 0.4) is 0 Å². The number of anilines is 2. The van der Waals surface area contributed by atoms with E-state index in [9.17, 15) is 23.2 Å². The molecule has 12 heteroatoms. The Balaban J connectivity index is 0.905. The minimum absolute atomic E-state index is 0.0255. The van der Waals surface area contributed by atoms with Crippen molar-refractivity contribution in [1.82, 2.24) is 15.1 Å². The number of carbonyl (C=O) groups is 3. The van der Waals surface area contributed by atoms with Crippen LogP contribution in [0, 0.1) is 11.3 Å². The number of fused-ring (bicyclic) bond motifs is 1. The second-order valence-corrected chi connectivity index (χ2v) is 14.0. The topological polar surface area (TPSA) is 109 Å². The standard InChI is InChI=1S/C41H46F2N6O4/c1-28(45-27-50)4-5-29(2)49-40(51)36-13-10-34(25-38(36)41(49)52)48-21-19-46(20-22-48)16-3-23-53-35-11-7-30(8-12-35)31-14-17-47(18-15-31)33-9-6-32(26-44)37(24-33)39(42)43/h6-13,24-25,27,29,31,39H,1,3-5,14-23H2,2H3,(H,45,50). The van der Waals surface area contributed by atoms with Gasteiger partial charge < -0.3 is 19.9 Å². The van der Waals surface area contributed by atoms with Crippen LogP contribution in [0.2, 0.25) is 0 Å². The van der Waals surface area contributed by atoms with Gasteiger partial charge in [-0.15, -0.1) is 0 Å². The van der Waals surface area contributed by atoms with Crippen LogP contribution in [0.4, 0.5) is 20.2 Å². The Morgan fingerprint density at radius 3 is 2.28 bits per heavy atom. The van der Waals surface area contributed by atoms with E-state index in [-0.39, 0.29) is 29.0 Å². The number of imide groups is 1. The number of ether oxygens (including phenoxy) is 1. The van der Waals surface area contributed by atoms with Crippen LogP contribution in [0.5, 0.6) is 5.75 Å². The first-order chi connectivity index (χ1) is 25.7. The van der Waals surface area contributed by atoms with Gasteiger partial charge in [-0.3, -0.25) is 24.2 Å². The summed E-state index contributed by atoms with van der Waals surface area (Å²) in [6.07, 6.45) is 1.61. The summed E-state index contributed by atoms with van der Waals surface area (Å²) in [7, 11) is 0. The minimum atomic E-state index is -2.67. The highest BCUT2D eigenvalue weighted by molar-refractivity contribution is 6.22. The van der Waals surface area contributed by atoms with Gasteiger partial charge in [0.1, 0.15) is 5.75 Å². The van der Waals surface area contributed by atoms with Crippen molar-refractivity contribution < 1.29 is 27.9 Å². The number of amides is 3. The van der Waals surface area contributed by atoms with Crippen LogP contribution in [-0.2, 0) is 4.79 Å². The molecule has 1 atom stereocenters. The van der Waals surface area contributed by atoms with E-state index < -0.39 is 6.43 Å². The number of benzene rings is 3. The molecular weight excluding hydrogens is 678 g/mol. The molecule has 3 aliphatic heterocycles. The third-order valence-corrected chi connectivity index (χ3v) is 10.7. The van der Waals surface area contributed by atoms with Crippen molar-refractivity contribution in [1.29, 1.82) is 5.26 Å². The summed E-state index contributed by atoms with van der Waals surface area (Å²) in [5.41, 5.74) is 4.17. The van der Waals surface area contributed by atoms with E-state index in [4.69, 9.17) is 10.00 Å². The number of piperidine rings is 1. The fraction of sp³-hybridized carbons (Fsp3) is 0.415. The van der Waals surface area contributed by atoms with Gasteiger partial charge in [-0.05, 0) is 99.0 Å². The maximum Gasteiger partial charge on any atom is 0.265 e. The number of carbonyl (C=O) groups excluding carboxylic acids is 3. The number of nitriles is 1. The van der Waals surface area contributed by atoms with E-state index in [1.54, 1.807) is 12.1 Å². The van der Waals surface area contributed by atoms with Crippen LogP contribution in [0.25, 0.3) is 0 Å². The van der Waals surface area contributed by atoms with Crippen LogP contribution in [-0.4, -0.2) is 86.5 Å². The minimum Gasteiger partial charge on any atom is -0.494 e. The summed E-state index contributed by atoms with van der Waals surface area (Å²) >= 11 is 0. The maximum atomic E-state index is 13.4. The smallest absolute Gasteiger partial charge is 0.265 e. The van der Waals surface area contributed by atoms with E-state index in [0.717, 1.165) is 82.2 Å². The summed E-state index contributed by atoms with van der Waals surface area (Å²) in [4.78, 5) is 45.1. The predicted octanol–water partition coefficient (Wildman–Crippen LogP) is 6.50. The van der Waals surface area contributed by atoms with Gasteiger partial charge in [0, 0.05) is 74.5 Å². The van der Waals surface area contributed by atoms with Gasteiger partial charge in [0.25, 0.3) is 18.2 Å². The van der Waals surface area contributed by atoms with E-state index in [2.05, 4.69) is 38.7 Å². The first-order valence-corrected chi connectivity index (χ1v) is 18.3. The monoisotopic (exact) mass is 724 g/mol. The van der Waals surface area contributed by atoms with Crippen molar-refractivity contribution in [2.75, 3.05) is 62.2 Å². The second-order valence-electron chi connectivity index (χ2n) is 14.0. The van der Waals surface area contributed by atoms with Gasteiger partial charge >= 0.3 is 0 Å². The highest BCUT2D eigenvalue weighted by Gasteiger charge is 2.39. The Kier molecular flexibility index (Phi) is 12.0. The molecule has 0 radical (unpaired) electrons. The van der Waals surface area contributed by atoms with Crippen LogP contribution in [0.15, 0.2) is 72.9 Å². The number of alkyl halides is 2. The Hall–Kier alpha value is -5.28. The lowest BCUT2D eigenvalue weighted by atomic mass is 9.89. The fourth-order valence-electron chi connectivity index (χ4n) is 7.56. The molecule has 0 bridgehead atoms. The van der Waals surface area contributed by atoms with Crippen LogP contribution >= 0.6 is 0 Å². The Labute approximate surface area is 309 Å². The van der Waals surface area contributed by atoms with E-state index in [1.807, 2.05) is 37.3 Å². The molecule has 1 N–H and O–H groups in total. The number of piperazine rings is 1. The van der Waals surface area contributed by atoms with E-state index >= 15 is 0 Å². The SMILES string of the molecule is C=C(CCC(C)N1C(=O)c2ccc(N3CCN(CCCOc4ccc(C5CCN(c6ccc(C#N)c(C(F)F)c6)CC5)cc4)CC3)cc2C1=O)NC=O. The number of nitrogens with one attached hydrogen (secondary N) is 1. The number of rotatable bonds is 15. The summed E-state index contributed by atoms with van der Waals surface area (Å²) in [5.74, 6) is 0.665. The number of halogens is 2. The lowest BCUT2D eigenvalue weighted by molar-refractivity contribution is -0.109. The molecule has 10 nitrogen and oxygen atoms in total. The highest BCUT2D eigenvalue weighted by Crippen LogP contribution is 2.34. The molecular formula is C41H46F2N6O4. The first kappa shape index (κ1) is 37.5. The maximum absolute atomic E-state index is 13.4. The zero-order valence-corrected chi connectivity index (χ0v) is 30.1. The van der Waals surface area contributed by atoms with Gasteiger partial charge in [-0.1, -0.05) is 18.7 Å². The molecule has 278 valence electrons. The molecule has 0 aliphatic carbocycles. The van der Waals surface area contributed by atoms with E-state index in [1.165, 1.54) is 22.6 Å². The van der Waals surface area contributed by atoms with Crippen molar-refractivity contribution in [2.24, 2.45) is 0 Å². The second kappa shape index (κ2) is 17.0. The van der Waals surface area contributed by atoms with Gasteiger partial charge in [0.15, 0.2) is 0 Å². The number of hydrogen-bond donors (Lipinski definition) is 1. The molecule has 2 fully saturated rings. The molecule has 3 aromatic rings. The normalized spacial score (nSPS) is 17.2. The summed E-state index contributed by atoms with van der Waals surface area (Å²) in [6.45, 7) is 12.1. The van der Waals surface area contributed by atoms with Crippen molar-refractivity contribution in [2.45, 2.75) is 57.4 Å². The first-order valence-electron chi connectivity index (χ1n) is 18.3. The van der Waals surface area contributed by atoms with E-state index in [0.29, 0.717) is 48.6 Å². The Morgan fingerprint density at radius 2 is 1.60 bits per heavy atom. The Bertz CT molecular complexity index is 1850. The van der Waals surface area contributed by atoms with Crippen molar-refractivity contribution in [3.63, 3.8) is 0 Å². The quantitative estimate of drug-likeness (QED) is 0.108. The molecule has 53 heavy (non-hydrogen) atoms. The summed E-state index contributed by atoms with van der Waals surface area (Å²) in [5, 5.41) is 11.7.